The summed E-state index contributed by atoms with van der Waals surface area (Å²) >= 11 is 0. The van der Waals surface area contributed by atoms with Crippen molar-refractivity contribution in [2.45, 2.75) is 25.2 Å². The molecule has 2 heterocycles. The number of aromatic nitrogens is 2. The lowest BCUT2D eigenvalue weighted by molar-refractivity contribution is 0.241. The molecule has 1 saturated heterocycles. The van der Waals surface area contributed by atoms with Crippen molar-refractivity contribution in [3.63, 3.8) is 0 Å². The second-order valence-electron chi connectivity index (χ2n) is 5.43. The van der Waals surface area contributed by atoms with Crippen LogP contribution in [0.1, 0.15) is 25.7 Å². The van der Waals surface area contributed by atoms with Gasteiger partial charge in [-0.15, -0.1) is 0 Å². The fourth-order valence-electron chi connectivity index (χ4n) is 2.60. The van der Waals surface area contributed by atoms with E-state index in [1.54, 1.807) is 7.11 Å². The Morgan fingerprint density at radius 2 is 2.00 bits per heavy atom. The van der Waals surface area contributed by atoms with Crippen LogP contribution in [-0.2, 0) is 5.41 Å². The molecule has 0 bridgehead atoms. The van der Waals surface area contributed by atoms with Crippen LogP contribution in [0.3, 0.4) is 0 Å². The molecule has 2 aromatic rings. The molecule has 1 aliphatic heterocycles. The Kier molecular flexibility index (Phi) is 3.44. The third kappa shape index (κ3) is 2.29. The van der Waals surface area contributed by atoms with Crippen LogP contribution in [0.2, 0.25) is 0 Å². The highest BCUT2D eigenvalue weighted by molar-refractivity contribution is 5.63. The Bertz CT molecular complexity index is 588. The highest BCUT2D eigenvalue weighted by atomic mass is 16.5. The number of piperidine rings is 1. The van der Waals surface area contributed by atoms with Crippen molar-refractivity contribution in [3.8, 4) is 17.1 Å². The minimum absolute atomic E-state index is 0.0293. The average Bonchev–Trinajstić information content (AvgIpc) is 2.98. The van der Waals surface area contributed by atoms with Crippen LogP contribution in [0.5, 0.6) is 5.75 Å². The molecule has 1 fully saturated rings. The van der Waals surface area contributed by atoms with Crippen molar-refractivity contribution in [2.24, 2.45) is 0 Å². The lowest BCUT2D eigenvalue weighted by atomic mass is 9.81. The second kappa shape index (κ2) is 5.25. The molecule has 0 atom stereocenters. The SMILES string of the molecule is COc1ccccc1-c1noc(C2(C)CCNCC2)n1. The molecule has 0 unspecified atom stereocenters. The van der Waals surface area contributed by atoms with E-state index < -0.39 is 0 Å². The van der Waals surface area contributed by atoms with Gasteiger partial charge in [-0.1, -0.05) is 24.2 Å². The summed E-state index contributed by atoms with van der Waals surface area (Å²) in [7, 11) is 1.65. The summed E-state index contributed by atoms with van der Waals surface area (Å²) in [4.78, 5) is 4.60. The number of nitrogens with zero attached hydrogens (tertiary/aromatic N) is 2. The summed E-state index contributed by atoms with van der Waals surface area (Å²) < 4.78 is 10.9. The zero-order valence-corrected chi connectivity index (χ0v) is 11.8. The number of methoxy groups -OCH3 is 1. The Morgan fingerprint density at radius 3 is 2.75 bits per heavy atom. The molecule has 0 spiro atoms. The third-order valence-electron chi connectivity index (χ3n) is 4.00. The Morgan fingerprint density at radius 1 is 1.25 bits per heavy atom. The van der Waals surface area contributed by atoms with Gasteiger partial charge in [-0.3, -0.25) is 0 Å². The smallest absolute Gasteiger partial charge is 0.232 e. The van der Waals surface area contributed by atoms with E-state index >= 15 is 0 Å². The molecule has 0 amide bonds. The Balaban J connectivity index is 1.94. The molecule has 20 heavy (non-hydrogen) atoms. The number of benzene rings is 1. The van der Waals surface area contributed by atoms with Crippen molar-refractivity contribution in [3.05, 3.63) is 30.2 Å². The molecule has 1 aromatic carbocycles. The molecule has 106 valence electrons. The number of para-hydroxylation sites is 1. The van der Waals surface area contributed by atoms with E-state index in [1.165, 1.54) is 0 Å². The monoisotopic (exact) mass is 273 g/mol. The van der Waals surface area contributed by atoms with Gasteiger partial charge in [0.2, 0.25) is 11.7 Å². The van der Waals surface area contributed by atoms with Gasteiger partial charge in [-0.05, 0) is 38.1 Å². The van der Waals surface area contributed by atoms with Crippen molar-refractivity contribution in [1.82, 2.24) is 15.5 Å². The highest BCUT2D eigenvalue weighted by Gasteiger charge is 2.34. The molecule has 0 saturated carbocycles. The summed E-state index contributed by atoms with van der Waals surface area (Å²) in [5.41, 5.74) is 0.834. The molecule has 0 aliphatic carbocycles. The van der Waals surface area contributed by atoms with E-state index in [9.17, 15) is 0 Å². The maximum Gasteiger partial charge on any atom is 0.232 e. The quantitative estimate of drug-likeness (QED) is 0.930. The third-order valence-corrected chi connectivity index (χ3v) is 4.00. The van der Waals surface area contributed by atoms with Crippen molar-refractivity contribution < 1.29 is 9.26 Å². The summed E-state index contributed by atoms with van der Waals surface area (Å²) in [5.74, 6) is 2.08. The zero-order valence-electron chi connectivity index (χ0n) is 11.8. The van der Waals surface area contributed by atoms with E-state index in [0.717, 1.165) is 43.1 Å². The molecular formula is C15H19N3O2. The van der Waals surface area contributed by atoms with Crippen LogP contribution < -0.4 is 10.1 Å². The summed E-state index contributed by atoms with van der Waals surface area (Å²) in [6, 6.07) is 7.72. The standard InChI is InChI=1S/C15H19N3O2/c1-15(7-9-16-10-8-15)14-17-13(18-20-14)11-5-3-4-6-12(11)19-2/h3-6,16H,7-10H2,1-2H3. The number of ether oxygens (including phenoxy) is 1. The summed E-state index contributed by atoms with van der Waals surface area (Å²) in [6.07, 6.45) is 2.03. The molecule has 5 heteroatoms. The minimum Gasteiger partial charge on any atom is -0.496 e. The lowest BCUT2D eigenvalue weighted by Crippen LogP contribution is -2.37. The maximum atomic E-state index is 5.52. The average molecular weight is 273 g/mol. The van der Waals surface area contributed by atoms with Gasteiger partial charge < -0.3 is 14.6 Å². The van der Waals surface area contributed by atoms with E-state index in [1.807, 2.05) is 24.3 Å². The number of hydrogen-bond donors (Lipinski definition) is 1. The molecule has 5 nitrogen and oxygen atoms in total. The number of rotatable bonds is 3. The zero-order chi connectivity index (χ0) is 14.0. The van der Waals surface area contributed by atoms with Crippen molar-refractivity contribution in [1.29, 1.82) is 0 Å². The van der Waals surface area contributed by atoms with Gasteiger partial charge in [0.15, 0.2) is 0 Å². The van der Waals surface area contributed by atoms with Gasteiger partial charge in [-0.2, -0.15) is 4.98 Å². The summed E-state index contributed by atoms with van der Waals surface area (Å²) in [5, 5.41) is 7.49. The second-order valence-corrected chi connectivity index (χ2v) is 5.43. The first-order chi connectivity index (χ1) is 9.73. The van der Waals surface area contributed by atoms with Crippen LogP contribution in [0.15, 0.2) is 28.8 Å². The first-order valence-corrected chi connectivity index (χ1v) is 6.91. The van der Waals surface area contributed by atoms with Gasteiger partial charge in [0.25, 0.3) is 0 Å². The van der Waals surface area contributed by atoms with E-state index in [2.05, 4.69) is 22.4 Å². The normalized spacial score (nSPS) is 17.9. The van der Waals surface area contributed by atoms with Gasteiger partial charge in [0.1, 0.15) is 5.75 Å². The van der Waals surface area contributed by atoms with Gasteiger partial charge in [0, 0.05) is 5.41 Å². The number of nitrogens with one attached hydrogen (secondary N) is 1. The van der Waals surface area contributed by atoms with Crippen molar-refractivity contribution >= 4 is 0 Å². The number of hydrogen-bond acceptors (Lipinski definition) is 5. The molecular weight excluding hydrogens is 254 g/mol. The first-order valence-electron chi connectivity index (χ1n) is 6.91. The largest absolute Gasteiger partial charge is 0.496 e. The Labute approximate surface area is 118 Å². The maximum absolute atomic E-state index is 5.52. The lowest BCUT2D eigenvalue weighted by Gasteiger charge is -2.30. The predicted octanol–water partition coefficient (Wildman–Crippen LogP) is 2.39. The van der Waals surface area contributed by atoms with Gasteiger partial charge in [0.05, 0.1) is 12.7 Å². The van der Waals surface area contributed by atoms with Crippen LogP contribution in [0.25, 0.3) is 11.4 Å². The minimum atomic E-state index is -0.0293. The van der Waals surface area contributed by atoms with Crippen LogP contribution in [-0.4, -0.2) is 30.3 Å². The van der Waals surface area contributed by atoms with E-state index in [0.29, 0.717) is 5.82 Å². The Hall–Kier alpha value is -1.88. The topological polar surface area (TPSA) is 60.2 Å². The fourth-order valence-corrected chi connectivity index (χ4v) is 2.60. The molecule has 1 aromatic heterocycles. The molecule has 3 rings (SSSR count). The molecule has 1 aliphatic rings. The van der Waals surface area contributed by atoms with E-state index in [-0.39, 0.29) is 5.41 Å². The van der Waals surface area contributed by atoms with E-state index in [4.69, 9.17) is 9.26 Å². The summed E-state index contributed by atoms with van der Waals surface area (Å²) in [6.45, 7) is 4.17. The molecule has 0 radical (unpaired) electrons. The fraction of sp³-hybridized carbons (Fsp3) is 0.467. The molecule has 1 N–H and O–H groups in total. The van der Waals surface area contributed by atoms with Crippen LogP contribution in [0.4, 0.5) is 0 Å². The van der Waals surface area contributed by atoms with Crippen molar-refractivity contribution in [2.75, 3.05) is 20.2 Å². The van der Waals surface area contributed by atoms with Crippen LogP contribution in [0, 0.1) is 0 Å². The van der Waals surface area contributed by atoms with Gasteiger partial charge in [-0.25, -0.2) is 0 Å². The highest BCUT2D eigenvalue weighted by Crippen LogP contribution is 2.34. The predicted molar refractivity (Wildman–Crippen MR) is 75.7 cm³/mol. The first kappa shape index (κ1) is 13.1. The van der Waals surface area contributed by atoms with Gasteiger partial charge >= 0.3 is 0 Å². The van der Waals surface area contributed by atoms with Crippen LogP contribution >= 0.6 is 0 Å².